The van der Waals surface area contributed by atoms with Crippen molar-refractivity contribution < 1.29 is 18.0 Å². The molecule has 2 unspecified atom stereocenters. The van der Waals surface area contributed by atoms with Crippen LogP contribution in [0, 0.1) is 5.92 Å². The fourth-order valence-corrected chi connectivity index (χ4v) is 4.42. The molecule has 0 bridgehead atoms. The van der Waals surface area contributed by atoms with Crippen LogP contribution in [-0.4, -0.2) is 39.1 Å². The molecule has 2 aliphatic rings. The highest BCUT2D eigenvalue weighted by molar-refractivity contribution is 7.88. The molecular formula is C17H23N3O4S. The van der Waals surface area contributed by atoms with Crippen molar-refractivity contribution in [3.05, 3.63) is 29.3 Å². The van der Waals surface area contributed by atoms with Crippen molar-refractivity contribution in [3.8, 4) is 0 Å². The highest BCUT2D eigenvalue weighted by Crippen LogP contribution is 2.26. The van der Waals surface area contributed by atoms with E-state index in [0.29, 0.717) is 24.9 Å². The van der Waals surface area contributed by atoms with Gasteiger partial charge in [0.05, 0.1) is 6.26 Å². The minimum absolute atomic E-state index is 0.00430. The first-order chi connectivity index (χ1) is 11.8. The van der Waals surface area contributed by atoms with Crippen LogP contribution in [-0.2, 0) is 21.2 Å². The summed E-state index contributed by atoms with van der Waals surface area (Å²) in [6.45, 7) is 0.444. The van der Waals surface area contributed by atoms with Crippen LogP contribution in [0.1, 0.15) is 41.6 Å². The summed E-state index contributed by atoms with van der Waals surface area (Å²) in [5.41, 5.74) is 2.28. The largest absolute Gasteiger partial charge is 0.352 e. The SMILES string of the molecule is CS(=O)(=O)NC1CCCC1CNC(=O)c1ccc2c(c1)CCC(=O)N2. The first kappa shape index (κ1) is 17.9. The van der Waals surface area contributed by atoms with Crippen LogP contribution < -0.4 is 15.4 Å². The number of rotatable bonds is 5. The van der Waals surface area contributed by atoms with Gasteiger partial charge in [-0.1, -0.05) is 6.42 Å². The van der Waals surface area contributed by atoms with Gasteiger partial charge < -0.3 is 10.6 Å². The van der Waals surface area contributed by atoms with E-state index in [4.69, 9.17) is 0 Å². The van der Waals surface area contributed by atoms with Crippen molar-refractivity contribution >= 4 is 27.5 Å². The number of anilines is 1. The standard InChI is InChI=1S/C17H23N3O4S/c1-25(23,24)20-15-4-2-3-13(15)10-18-17(22)12-5-7-14-11(9-12)6-8-16(21)19-14/h5,7,9,13,15,20H,2-4,6,8,10H2,1H3,(H,18,22)(H,19,21). The van der Waals surface area contributed by atoms with Crippen LogP contribution in [0.15, 0.2) is 18.2 Å². The second-order valence-electron chi connectivity index (χ2n) is 6.82. The molecule has 0 aromatic heterocycles. The van der Waals surface area contributed by atoms with Crippen molar-refractivity contribution in [2.75, 3.05) is 18.1 Å². The number of fused-ring (bicyclic) bond motifs is 1. The fraction of sp³-hybridized carbons (Fsp3) is 0.529. The van der Waals surface area contributed by atoms with E-state index in [0.717, 1.165) is 36.8 Å². The summed E-state index contributed by atoms with van der Waals surface area (Å²) in [6, 6.07) is 5.14. The highest BCUT2D eigenvalue weighted by atomic mass is 32.2. The molecular weight excluding hydrogens is 342 g/mol. The second-order valence-corrected chi connectivity index (χ2v) is 8.60. The Morgan fingerprint density at radius 3 is 2.84 bits per heavy atom. The number of carbonyl (C=O) groups is 2. The van der Waals surface area contributed by atoms with Gasteiger partial charge in [0, 0.05) is 30.3 Å². The first-order valence-electron chi connectivity index (χ1n) is 8.50. The molecule has 1 aromatic rings. The zero-order valence-electron chi connectivity index (χ0n) is 14.2. The lowest BCUT2D eigenvalue weighted by Crippen LogP contribution is -2.41. The highest BCUT2D eigenvalue weighted by Gasteiger charge is 2.29. The molecule has 1 heterocycles. The molecule has 136 valence electrons. The number of hydrogen-bond acceptors (Lipinski definition) is 4. The van der Waals surface area contributed by atoms with Crippen LogP contribution in [0.2, 0.25) is 0 Å². The predicted octanol–water partition coefficient (Wildman–Crippen LogP) is 1.02. The molecule has 0 saturated heterocycles. The maximum atomic E-state index is 12.4. The summed E-state index contributed by atoms with van der Waals surface area (Å²) in [6.07, 6.45) is 4.86. The van der Waals surface area contributed by atoms with E-state index in [1.165, 1.54) is 0 Å². The van der Waals surface area contributed by atoms with E-state index < -0.39 is 10.0 Å². The molecule has 1 aromatic carbocycles. The summed E-state index contributed by atoms with van der Waals surface area (Å²) in [5.74, 6) is -0.0735. The van der Waals surface area contributed by atoms with Crippen molar-refractivity contribution in [2.24, 2.45) is 5.92 Å². The molecule has 7 nitrogen and oxygen atoms in total. The lowest BCUT2D eigenvalue weighted by atomic mass is 10.00. The number of hydrogen-bond donors (Lipinski definition) is 3. The quantitative estimate of drug-likeness (QED) is 0.724. The van der Waals surface area contributed by atoms with Crippen LogP contribution in [0.4, 0.5) is 5.69 Å². The van der Waals surface area contributed by atoms with E-state index in [-0.39, 0.29) is 23.8 Å². The second kappa shape index (κ2) is 7.13. The van der Waals surface area contributed by atoms with E-state index in [1.54, 1.807) is 12.1 Å². The van der Waals surface area contributed by atoms with Gasteiger partial charge in [-0.2, -0.15) is 0 Å². The molecule has 0 radical (unpaired) electrons. The minimum Gasteiger partial charge on any atom is -0.352 e. The molecule has 3 rings (SSSR count). The minimum atomic E-state index is -3.24. The summed E-state index contributed by atoms with van der Waals surface area (Å²) in [4.78, 5) is 23.8. The van der Waals surface area contributed by atoms with Gasteiger partial charge in [-0.15, -0.1) is 0 Å². The van der Waals surface area contributed by atoms with Gasteiger partial charge in [0.25, 0.3) is 5.91 Å². The molecule has 8 heteroatoms. The normalized spacial score (nSPS) is 23.0. The third-order valence-corrected chi connectivity index (χ3v) is 5.54. The molecule has 1 aliphatic heterocycles. The van der Waals surface area contributed by atoms with E-state index in [9.17, 15) is 18.0 Å². The van der Waals surface area contributed by atoms with E-state index in [2.05, 4.69) is 15.4 Å². The molecule has 1 saturated carbocycles. The Kier molecular flexibility index (Phi) is 5.10. The van der Waals surface area contributed by atoms with E-state index in [1.807, 2.05) is 6.07 Å². The van der Waals surface area contributed by atoms with Gasteiger partial charge in [0.2, 0.25) is 15.9 Å². The van der Waals surface area contributed by atoms with E-state index >= 15 is 0 Å². The first-order valence-corrected chi connectivity index (χ1v) is 10.4. The summed E-state index contributed by atoms with van der Waals surface area (Å²) in [5, 5.41) is 5.71. The van der Waals surface area contributed by atoms with Crippen LogP contribution in [0.25, 0.3) is 0 Å². The van der Waals surface area contributed by atoms with Gasteiger partial charge in [0.15, 0.2) is 0 Å². The Balaban J connectivity index is 1.60. The van der Waals surface area contributed by atoms with Gasteiger partial charge in [-0.3, -0.25) is 9.59 Å². The predicted molar refractivity (Wildman–Crippen MR) is 94.8 cm³/mol. The van der Waals surface area contributed by atoms with Gasteiger partial charge >= 0.3 is 0 Å². The van der Waals surface area contributed by atoms with Gasteiger partial charge in [0.1, 0.15) is 0 Å². The average molecular weight is 365 g/mol. The van der Waals surface area contributed by atoms with Crippen LogP contribution >= 0.6 is 0 Å². The molecule has 2 amide bonds. The summed E-state index contributed by atoms with van der Waals surface area (Å²) in [7, 11) is -3.24. The Hall–Kier alpha value is -1.93. The monoisotopic (exact) mass is 365 g/mol. The third-order valence-electron chi connectivity index (χ3n) is 4.81. The Labute approximate surface area is 147 Å². The van der Waals surface area contributed by atoms with Crippen molar-refractivity contribution in [1.82, 2.24) is 10.0 Å². The molecule has 2 atom stereocenters. The lowest BCUT2D eigenvalue weighted by molar-refractivity contribution is -0.116. The number of sulfonamides is 1. The van der Waals surface area contributed by atoms with Crippen molar-refractivity contribution in [1.29, 1.82) is 0 Å². The maximum Gasteiger partial charge on any atom is 0.251 e. The molecule has 1 fully saturated rings. The van der Waals surface area contributed by atoms with Crippen molar-refractivity contribution in [3.63, 3.8) is 0 Å². The fourth-order valence-electron chi connectivity index (χ4n) is 3.56. The average Bonchev–Trinajstić information content (AvgIpc) is 2.97. The summed E-state index contributed by atoms with van der Waals surface area (Å²) < 4.78 is 25.5. The van der Waals surface area contributed by atoms with Gasteiger partial charge in [-0.25, -0.2) is 13.1 Å². The van der Waals surface area contributed by atoms with Gasteiger partial charge in [-0.05, 0) is 48.9 Å². The number of nitrogens with one attached hydrogen (secondary N) is 3. The number of amides is 2. The lowest BCUT2D eigenvalue weighted by Gasteiger charge is -2.21. The topological polar surface area (TPSA) is 104 Å². The smallest absolute Gasteiger partial charge is 0.251 e. The Bertz CT molecular complexity index is 791. The maximum absolute atomic E-state index is 12.4. The summed E-state index contributed by atoms with van der Waals surface area (Å²) >= 11 is 0. The van der Waals surface area contributed by atoms with Crippen LogP contribution in [0.5, 0.6) is 0 Å². The molecule has 25 heavy (non-hydrogen) atoms. The Morgan fingerprint density at radius 2 is 2.08 bits per heavy atom. The van der Waals surface area contributed by atoms with Crippen molar-refractivity contribution in [2.45, 2.75) is 38.1 Å². The molecule has 1 aliphatic carbocycles. The number of benzene rings is 1. The third kappa shape index (κ3) is 4.58. The number of carbonyl (C=O) groups excluding carboxylic acids is 2. The molecule has 0 spiro atoms. The molecule has 3 N–H and O–H groups in total. The van der Waals surface area contributed by atoms with Crippen LogP contribution in [0.3, 0.4) is 0 Å². The zero-order chi connectivity index (χ0) is 18.0. The Morgan fingerprint density at radius 1 is 1.28 bits per heavy atom. The number of aryl methyl sites for hydroxylation is 1. The zero-order valence-corrected chi connectivity index (χ0v) is 15.0.